The van der Waals surface area contributed by atoms with Crippen LogP contribution < -0.4 is 19.8 Å². The van der Waals surface area contributed by atoms with Crippen molar-refractivity contribution in [2.45, 2.75) is 31.1 Å². The van der Waals surface area contributed by atoms with Crippen molar-refractivity contribution < 1.29 is 28.5 Å². The Morgan fingerprint density at radius 3 is 2.46 bits per heavy atom. The first kappa shape index (κ1) is 28.3. The summed E-state index contributed by atoms with van der Waals surface area (Å²) in [5.74, 6) is -0.750. The third-order valence-corrected chi connectivity index (χ3v) is 7.00. The van der Waals surface area contributed by atoms with Crippen LogP contribution in [-0.4, -0.2) is 61.1 Å². The van der Waals surface area contributed by atoms with Gasteiger partial charge < -0.3 is 23.8 Å². The molecule has 1 aromatic heterocycles. The molecule has 1 aliphatic rings. The molecule has 1 N–H and O–H groups in total. The van der Waals surface area contributed by atoms with Crippen molar-refractivity contribution in [1.82, 2.24) is 9.88 Å². The zero-order chi connectivity index (χ0) is 27.9. The van der Waals surface area contributed by atoms with Gasteiger partial charge in [-0.2, -0.15) is 0 Å². The van der Waals surface area contributed by atoms with Crippen molar-refractivity contribution in [1.29, 1.82) is 0 Å². The highest BCUT2D eigenvalue weighted by Gasteiger charge is 2.30. The highest BCUT2D eigenvalue weighted by Crippen LogP contribution is 2.30. The molecule has 0 bridgehead atoms. The summed E-state index contributed by atoms with van der Waals surface area (Å²) in [4.78, 5) is 43.4. The van der Waals surface area contributed by atoms with E-state index in [9.17, 15) is 14.4 Å². The molecule has 3 aromatic rings. The highest BCUT2D eigenvalue weighted by molar-refractivity contribution is 7.80. The first-order valence-corrected chi connectivity index (χ1v) is 13.1. The number of amides is 1. The molecular formula is C29H32N2O7S. The Balaban J connectivity index is 1.55. The number of rotatable bonds is 9. The smallest absolute Gasteiger partial charge is 0.353 e. The fraction of sp³-hybridized carbons (Fsp3) is 0.345. The van der Waals surface area contributed by atoms with E-state index in [-0.39, 0.29) is 34.3 Å². The van der Waals surface area contributed by atoms with E-state index < -0.39 is 17.4 Å². The van der Waals surface area contributed by atoms with Gasteiger partial charge in [0.1, 0.15) is 16.9 Å². The molecule has 1 amide bonds. The summed E-state index contributed by atoms with van der Waals surface area (Å²) in [5.41, 5.74) is 1.15. The minimum atomic E-state index is -0.864. The fourth-order valence-electron chi connectivity index (χ4n) is 4.66. The summed E-state index contributed by atoms with van der Waals surface area (Å²) < 4.78 is 21.4. The molecule has 10 heteroatoms. The average molecular weight is 553 g/mol. The van der Waals surface area contributed by atoms with Crippen molar-refractivity contribution in [3.63, 3.8) is 0 Å². The third-order valence-electron chi connectivity index (χ3n) is 6.69. The second-order valence-corrected chi connectivity index (χ2v) is 9.74. The van der Waals surface area contributed by atoms with Gasteiger partial charge >= 0.3 is 5.97 Å². The lowest BCUT2D eigenvalue weighted by atomic mass is 9.90. The van der Waals surface area contributed by atoms with Gasteiger partial charge in [0.05, 0.1) is 38.9 Å². The molecule has 9 nitrogen and oxygen atoms in total. The predicted molar refractivity (Wildman–Crippen MR) is 149 cm³/mol. The van der Waals surface area contributed by atoms with Crippen LogP contribution >= 0.6 is 12.6 Å². The van der Waals surface area contributed by atoms with E-state index >= 15 is 0 Å². The Hall–Kier alpha value is -3.76. The number of nitrogens with zero attached hydrogens (tertiary/aromatic N) is 1. The van der Waals surface area contributed by atoms with Crippen LogP contribution in [0.25, 0.3) is 0 Å². The highest BCUT2D eigenvalue weighted by atomic mass is 32.1. The van der Waals surface area contributed by atoms with Crippen LogP contribution in [0, 0.1) is 6.92 Å². The lowest BCUT2D eigenvalue weighted by Crippen LogP contribution is -2.45. The van der Waals surface area contributed by atoms with Crippen LogP contribution in [0.1, 0.15) is 39.4 Å². The largest absolute Gasteiger partial charge is 0.495 e. The van der Waals surface area contributed by atoms with E-state index in [0.717, 1.165) is 17.5 Å². The summed E-state index contributed by atoms with van der Waals surface area (Å²) >= 11 is 4.39. The molecule has 0 radical (unpaired) electrons. The molecule has 0 aliphatic carbocycles. The summed E-state index contributed by atoms with van der Waals surface area (Å²) in [5, 5.41) is 0. The van der Waals surface area contributed by atoms with Crippen LogP contribution in [0.4, 0.5) is 0 Å². The van der Waals surface area contributed by atoms with E-state index in [1.54, 1.807) is 36.1 Å². The number of H-pyrrole nitrogens is 1. The van der Waals surface area contributed by atoms with Crippen molar-refractivity contribution in [2.75, 3.05) is 33.9 Å². The number of carbonyl (C=O) groups is 2. The number of ether oxygens (including phenoxy) is 4. The Morgan fingerprint density at radius 1 is 1.10 bits per heavy atom. The quantitative estimate of drug-likeness (QED) is 0.237. The molecule has 0 spiro atoms. The van der Waals surface area contributed by atoms with Gasteiger partial charge in [0.25, 0.3) is 5.56 Å². The maximum absolute atomic E-state index is 13.6. The van der Waals surface area contributed by atoms with Gasteiger partial charge in [-0.05, 0) is 43.0 Å². The molecule has 206 valence electrons. The Morgan fingerprint density at radius 2 is 1.82 bits per heavy atom. The normalized spacial score (nSPS) is 15.9. The van der Waals surface area contributed by atoms with Gasteiger partial charge in [-0.1, -0.05) is 42.5 Å². The number of methoxy groups -OCH3 is 2. The van der Waals surface area contributed by atoms with E-state index in [0.29, 0.717) is 31.7 Å². The van der Waals surface area contributed by atoms with Gasteiger partial charge in [0.15, 0.2) is 11.4 Å². The zero-order valence-electron chi connectivity index (χ0n) is 22.1. The number of esters is 1. The molecule has 1 fully saturated rings. The second kappa shape index (κ2) is 12.9. The van der Waals surface area contributed by atoms with Gasteiger partial charge in [0.2, 0.25) is 5.91 Å². The van der Waals surface area contributed by atoms with Gasteiger partial charge in [-0.15, -0.1) is 12.6 Å². The van der Waals surface area contributed by atoms with Crippen molar-refractivity contribution in [3.8, 4) is 17.4 Å². The van der Waals surface area contributed by atoms with Crippen molar-refractivity contribution in [3.05, 3.63) is 87.2 Å². The number of nitrogens with one attached hydrogen (secondary N) is 1. The molecule has 1 saturated heterocycles. The lowest BCUT2D eigenvalue weighted by molar-refractivity contribution is -0.137. The number of pyridine rings is 1. The second-order valence-electron chi connectivity index (χ2n) is 9.17. The molecule has 1 aliphatic heterocycles. The third kappa shape index (κ3) is 6.63. The Labute approximate surface area is 232 Å². The molecule has 4 rings (SSSR count). The van der Waals surface area contributed by atoms with Crippen molar-refractivity contribution >= 4 is 24.5 Å². The molecule has 2 unspecified atom stereocenters. The summed E-state index contributed by atoms with van der Waals surface area (Å²) in [7, 11) is 2.77. The number of aryl methyl sites for hydroxylation is 1. The molecule has 0 saturated carbocycles. The SMILES string of the molecule is COc1[nH]c(=O)c(C(=O)Oc2ccc(C(CCc3ccccc3)C(=O)N3CCOC(S)C3)cc2)c(OC)c1C. The first-order chi connectivity index (χ1) is 18.8. The van der Waals surface area contributed by atoms with Crippen LogP contribution in [-0.2, 0) is 16.0 Å². The number of thiol groups is 1. The number of hydrogen-bond donors (Lipinski definition) is 2. The van der Waals surface area contributed by atoms with Gasteiger partial charge in [-0.3, -0.25) is 14.6 Å². The van der Waals surface area contributed by atoms with E-state index in [1.807, 2.05) is 30.3 Å². The van der Waals surface area contributed by atoms with Gasteiger partial charge in [0, 0.05) is 6.54 Å². The predicted octanol–water partition coefficient (Wildman–Crippen LogP) is 3.75. The van der Waals surface area contributed by atoms with Crippen molar-refractivity contribution in [2.24, 2.45) is 0 Å². The number of hydrogen-bond acceptors (Lipinski definition) is 8. The van der Waals surface area contributed by atoms with Crippen LogP contribution in [0.5, 0.6) is 17.4 Å². The Kier molecular flexibility index (Phi) is 9.32. The maximum atomic E-state index is 13.6. The Bertz CT molecular complexity index is 1360. The number of morpholine rings is 1. The summed E-state index contributed by atoms with van der Waals surface area (Å²) in [6.45, 7) is 3.02. The van der Waals surface area contributed by atoms with Crippen LogP contribution in [0.3, 0.4) is 0 Å². The van der Waals surface area contributed by atoms with Gasteiger partial charge in [-0.25, -0.2) is 4.79 Å². The van der Waals surface area contributed by atoms with Crippen LogP contribution in [0.2, 0.25) is 0 Å². The minimum Gasteiger partial charge on any atom is -0.495 e. The molecule has 2 heterocycles. The van der Waals surface area contributed by atoms with E-state index in [2.05, 4.69) is 17.6 Å². The number of benzene rings is 2. The number of aromatic nitrogens is 1. The number of carbonyl (C=O) groups excluding carboxylic acids is 2. The van der Waals surface area contributed by atoms with Crippen LogP contribution in [0.15, 0.2) is 59.4 Å². The average Bonchev–Trinajstić information content (AvgIpc) is 2.95. The minimum absolute atomic E-state index is 0.00278. The first-order valence-electron chi connectivity index (χ1n) is 12.6. The molecule has 2 atom stereocenters. The molecule has 2 aromatic carbocycles. The molecular weight excluding hydrogens is 520 g/mol. The zero-order valence-corrected chi connectivity index (χ0v) is 23.0. The monoisotopic (exact) mass is 552 g/mol. The summed E-state index contributed by atoms with van der Waals surface area (Å²) in [6, 6.07) is 16.8. The summed E-state index contributed by atoms with van der Waals surface area (Å²) in [6.07, 6.45) is 1.33. The number of aromatic amines is 1. The van der Waals surface area contributed by atoms with E-state index in [4.69, 9.17) is 18.9 Å². The van der Waals surface area contributed by atoms with E-state index in [1.165, 1.54) is 14.2 Å². The maximum Gasteiger partial charge on any atom is 0.353 e. The topological polar surface area (TPSA) is 107 Å². The lowest BCUT2D eigenvalue weighted by Gasteiger charge is -2.33. The molecule has 39 heavy (non-hydrogen) atoms. The fourth-order valence-corrected chi connectivity index (χ4v) is 4.97. The standard InChI is InChI=1S/C29H32N2O7S/c1-18-25(35-2)24(26(32)30-27(18)36-3)29(34)38-21-12-10-20(11-13-21)22(14-9-19-7-5-4-6-8-19)28(33)31-15-16-37-23(39)17-31/h4-8,10-13,22-23,39H,9,14-17H2,1-3H3,(H,30,32).